The monoisotopic (exact) mass is 383 g/mol. The Hall–Kier alpha value is -0.770. The molecule has 3 heteroatoms. The maximum absolute atomic E-state index is 8.07. The largest absolute Gasteiger partial charge is 0.396 e. The van der Waals surface area contributed by atoms with E-state index in [9.17, 15) is 0 Å². The fourth-order valence-corrected chi connectivity index (χ4v) is 1.78. The van der Waals surface area contributed by atoms with Gasteiger partial charge in [-0.3, -0.25) is 0 Å². The van der Waals surface area contributed by atoms with E-state index < -0.39 is 0 Å². The molecule has 0 aromatic heterocycles. The van der Waals surface area contributed by atoms with Crippen molar-refractivity contribution in [2.45, 2.75) is 79.6 Å². The molecule has 1 rings (SSSR count). The summed E-state index contributed by atoms with van der Waals surface area (Å²) in [6.07, 6.45) is 7.62. The quantitative estimate of drug-likeness (QED) is 0.343. The fourth-order valence-electron chi connectivity index (χ4n) is 1.78. The summed E-state index contributed by atoms with van der Waals surface area (Å²) >= 11 is 3.92. The Kier molecular flexibility index (Phi) is 30.5. The van der Waals surface area contributed by atoms with Crippen molar-refractivity contribution in [1.82, 2.24) is 0 Å². The molecule has 0 amide bonds. The molecule has 26 heavy (non-hydrogen) atoms. The fraction of sp³-hybridized carbons (Fsp3) is 0.652. The summed E-state index contributed by atoms with van der Waals surface area (Å²) in [6, 6.07) is 8.76. The Balaban J connectivity index is -0.000000398. The molecule has 154 valence electrons. The molecule has 0 unspecified atom stereocenters. The van der Waals surface area contributed by atoms with Crippen molar-refractivity contribution in [2.75, 3.05) is 18.9 Å². The molecular formula is C23H45NOS. The zero-order chi connectivity index (χ0) is 20.6. The maximum Gasteiger partial charge on any atom is 0.0430 e. The Morgan fingerprint density at radius 1 is 1.04 bits per heavy atom. The van der Waals surface area contributed by atoms with Crippen LogP contribution in [0.4, 0.5) is 0 Å². The van der Waals surface area contributed by atoms with E-state index in [-0.39, 0.29) is 0 Å². The normalized spacial score (nSPS) is 8.92. The number of thiol groups is 1. The van der Waals surface area contributed by atoms with Crippen LogP contribution in [0.15, 0.2) is 36.4 Å². The van der Waals surface area contributed by atoms with E-state index in [4.69, 9.17) is 10.8 Å². The van der Waals surface area contributed by atoms with Gasteiger partial charge in [-0.05, 0) is 63.3 Å². The molecular weight excluding hydrogens is 338 g/mol. The van der Waals surface area contributed by atoms with Gasteiger partial charge < -0.3 is 10.8 Å². The molecule has 0 fully saturated rings. The highest BCUT2D eigenvalue weighted by atomic mass is 32.1. The molecule has 0 aliphatic rings. The van der Waals surface area contributed by atoms with Crippen LogP contribution in [0.1, 0.15) is 77.3 Å². The Morgan fingerprint density at radius 3 is 1.92 bits per heavy atom. The lowest BCUT2D eigenvalue weighted by Crippen LogP contribution is -2.00. The summed E-state index contributed by atoms with van der Waals surface area (Å²) in [5.74, 6) is 1.01. The number of nitrogens with two attached hydrogens (primary N) is 1. The van der Waals surface area contributed by atoms with Gasteiger partial charge in [-0.2, -0.15) is 12.6 Å². The van der Waals surface area contributed by atoms with E-state index in [1.54, 1.807) is 0 Å². The minimum absolute atomic E-state index is 0.344. The van der Waals surface area contributed by atoms with Gasteiger partial charge >= 0.3 is 0 Å². The predicted molar refractivity (Wildman–Crippen MR) is 124 cm³/mol. The Labute approximate surface area is 169 Å². The van der Waals surface area contributed by atoms with E-state index in [0.717, 1.165) is 44.4 Å². The second-order valence-corrected chi connectivity index (χ2v) is 6.38. The number of aliphatic hydroxyl groups excluding tert-OH is 1. The van der Waals surface area contributed by atoms with Crippen LogP contribution in [0.3, 0.4) is 0 Å². The molecule has 0 atom stereocenters. The van der Waals surface area contributed by atoms with Crippen molar-refractivity contribution in [3.8, 4) is 0 Å². The van der Waals surface area contributed by atoms with Crippen LogP contribution in [-0.2, 0) is 6.42 Å². The van der Waals surface area contributed by atoms with Crippen LogP contribution < -0.4 is 5.73 Å². The van der Waals surface area contributed by atoms with Crippen molar-refractivity contribution in [3.05, 3.63) is 47.5 Å². The first kappa shape index (κ1) is 30.0. The summed E-state index contributed by atoms with van der Waals surface area (Å²) in [7, 11) is 0. The van der Waals surface area contributed by atoms with Crippen molar-refractivity contribution in [2.24, 2.45) is 5.73 Å². The van der Waals surface area contributed by atoms with Gasteiger partial charge in [-0.1, -0.05) is 76.1 Å². The number of unbranched alkanes of at least 4 members (excludes halogenated alkanes) is 1. The zero-order valence-electron chi connectivity index (χ0n) is 18.1. The standard InChI is InChI=1S/C14H21N.C4H10O.C3H8S.C2H6/c1-12(10-11-15)4-3-5-14-8-6-13(2)7-9-14;1-2-3-4-5;1-2-3-4;1-2/h6-9H,1,3-5,10-11,15H2,2H3;5H,2-4H2,1H3;4H,2-3H2,1H3;1-2H3. The maximum atomic E-state index is 8.07. The average Bonchev–Trinajstić information content (AvgIpc) is 2.66. The third-order valence-electron chi connectivity index (χ3n) is 3.35. The predicted octanol–water partition coefficient (Wildman–Crippen LogP) is 6.35. The van der Waals surface area contributed by atoms with Crippen LogP contribution in [-0.4, -0.2) is 24.0 Å². The van der Waals surface area contributed by atoms with Crippen LogP contribution in [0, 0.1) is 6.92 Å². The van der Waals surface area contributed by atoms with E-state index in [1.165, 1.54) is 29.5 Å². The molecule has 2 nitrogen and oxygen atoms in total. The van der Waals surface area contributed by atoms with Gasteiger partial charge in [0.25, 0.3) is 0 Å². The molecule has 0 radical (unpaired) electrons. The van der Waals surface area contributed by atoms with Gasteiger partial charge in [-0.25, -0.2) is 0 Å². The zero-order valence-corrected chi connectivity index (χ0v) is 19.0. The van der Waals surface area contributed by atoms with E-state index in [1.807, 2.05) is 13.8 Å². The first-order valence-corrected chi connectivity index (χ1v) is 10.8. The van der Waals surface area contributed by atoms with Gasteiger partial charge in [0, 0.05) is 6.61 Å². The molecule has 0 aliphatic carbocycles. The van der Waals surface area contributed by atoms with E-state index in [0.29, 0.717) is 6.61 Å². The lowest BCUT2D eigenvalue weighted by molar-refractivity contribution is 0.287. The minimum Gasteiger partial charge on any atom is -0.396 e. The summed E-state index contributed by atoms with van der Waals surface area (Å²) < 4.78 is 0. The molecule has 1 aromatic carbocycles. The molecule has 3 N–H and O–H groups in total. The Morgan fingerprint density at radius 2 is 1.58 bits per heavy atom. The molecule has 0 heterocycles. The molecule has 0 spiro atoms. The molecule has 0 bridgehead atoms. The lowest BCUT2D eigenvalue weighted by atomic mass is 10.0. The van der Waals surface area contributed by atoms with E-state index >= 15 is 0 Å². The highest BCUT2D eigenvalue weighted by Crippen LogP contribution is 2.11. The van der Waals surface area contributed by atoms with Crippen LogP contribution in [0.5, 0.6) is 0 Å². The van der Waals surface area contributed by atoms with Crippen molar-refractivity contribution >= 4 is 12.6 Å². The smallest absolute Gasteiger partial charge is 0.0430 e. The third kappa shape index (κ3) is 25.5. The molecule has 0 saturated heterocycles. The van der Waals surface area contributed by atoms with Crippen LogP contribution >= 0.6 is 12.6 Å². The summed E-state index contributed by atoms with van der Waals surface area (Å²) in [4.78, 5) is 0. The number of hydrogen-bond donors (Lipinski definition) is 3. The van der Waals surface area contributed by atoms with E-state index in [2.05, 4.69) is 64.2 Å². The number of hydrogen-bond acceptors (Lipinski definition) is 3. The number of aliphatic hydroxyl groups is 1. The van der Waals surface area contributed by atoms with Crippen molar-refractivity contribution < 1.29 is 5.11 Å². The molecule has 1 aromatic rings. The second-order valence-electron chi connectivity index (χ2n) is 5.93. The molecule has 0 saturated carbocycles. The van der Waals surface area contributed by atoms with Gasteiger partial charge in [-0.15, -0.1) is 0 Å². The lowest BCUT2D eigenvalue weighted by Gasteiger charge is -2.04. The number of benzene rings is 1. The first-order valence-electron chi connectivity index (χ1n) is 10.2. The van der Waals surface area contributed by atoms with Gasteiger partial charge in [0.1, 0.15) is 0 Å². The summed E-state index contributed by atoms with van der Waals surface area (Å²) in [6.45, 7) is 15.4. The number of rotatable bonds is 9. The highest BCUT2D eigenvalue weighted by Gasteiger charge is 1.96. The van der Waals surface area contributed by atoms with Crippen molar-refractivity contribution in [3.63, 3.8) is 0 Å². The SMILES string of the molecule is C=C(CCN)CCCc1ccc(C)cc1.CC.CCCCO.CCCS. The average molecular weight is 384 g/mol. The topological polar surface area (TPSA) is 46.2 Å². The highest BCUT2D eigenvalue weighted by molar-refractivity contribution is 7.80. The Bertz CT molecular complexity index is 372. The van der Waals surface area contributed by atoms with Gasteiger partial charge in [0.2, 0.25) is 0 Å². The summed E-state index contributed by atoms with van der Waals surface area (Å²) in [5.41, 5.74) is 9.49. The first-order chi connectivity index (χ1) is 12.5. The van der Waals surface area contributed by atoms with Crippen molar-refractivity contribution in [1.29, 1.82) is 0 Å². The second kappa shape index (κ2) is 26.5. The van der Waals surface area contributed by atoms with Gasteiger partial charge in [0.15, 0.2) is 0 Å². The van der Waals surface area contributed by atoms with Gasteiger partial charge in [0.05, 0.1) is 0 Å². The minimum atomic E-state index is 0.344. The third-order valence-corrected chi connectivity index (χ3v) is 3.80. The summed E-state index contributed by atoms with van der Waals surface area (Å²) in [5, 5.41) is 8.07. The molecule has 0 aliphatic heterocycles. The van der Waals surface area contributed by atoms with Crippen LogP contribution in [0.25, 0.3) is 0 Å². The van der Waals surface area contributed by atoms with Crippen LogP contribution in [0.2, 0.25) is 0 Å². The number of aryl methyl sites for hydroxylation is 2.